The fraction of sp³-hybridized carbons (Fsp3) is 0.333. The van der Waals surface area contributed by atoms with Crippen LogP contribution >= 0.6 is 23.2 Å². The number of nitrogens with one attached hydrogen (secondary N) is 1. The summed E-state index contributed by atoms with van der Waals surface area (Å²) < 4.78 is 0. The van der Waals surface area contributed by atoms with Crippen LogP contribution in [0.15, 0.2) is 18.2 Å². The largest absolute Gasteiger partial charge is 0.302 e. The van der Waals surface area contributed by atoms with Gasteiger partial charge in [-0.25, -0.2) is 0 Å². The molecule has 0 atom stereocenters. The van der Waals surface area contributed by atoms with E-state index in [0.29, 0.717) is 23.2 Å². The van der Waals surface area contributed by atoms with Gasteiger partial charge in [-0.1, -0.05) is 29.3 Å². The minimum atomic E-state index is 0.587. The third kappa shape index (κ3) is 3.53. The molecule has 0 aliphatic rings. The summed E-state index contributed by atoms with van der Waals surface area (Å²) in [5.74, 6) is 0. The zero-order valence-corrected chi connectivity index (χ0v) is 8.82. The highest BCUT2D eigenvalue weighted by Crippen LogP contribution is 2.20. The van der Waals surface area contributed by atoms with Crippen LogP contribution in [-0.4, -0.2) is 6.61 Å². The quantitative estimate of drug-likeness (QED) is 0.622. The van der Waals surface area contributed by atoms with Crippen molar-refractivity contribution in [2.45, 2.75) is 13.5 Å². The Labute approximate surface area is 87.8 Å². The van der Waals surface area contributed by atoms with Crippen molar-refractivity contribution in [1.29, 1.82) is 0 Å². The summed E-state index contributed by atoms with van der Waals surface area (Å²) in [6.07, 6.45) is 0. The van der Waals surface area contributed by atoms with Gasteiger partial charge in [0, 0.05) is 16.6 Å². The van der Waals surface area contributed by atoms with E-state index >= 15 is 0 Å². The number of hydrogen-bond donors (Lipinski definition) is 1. The monoisotopic (exact) mass is 219 g/mol. The molecule has 4 heteroatoms. The van der Waals surface area contributed by atoms with E-state index in [4.69, 9.17) is 28.0 Å². The van der Waals surface area contributed by atoms with Gasteiger partial charge >= 0.3 is 0 Å². The molecule has 13 heavy (non-hydrogen) atoms. The topological polar surface area (TPSA) is 21.3 Å². The number of rotatable bonds is 4. The summed E-state index contributed by atoms with van der Waals surface area (Å²) >= 11 is 11.7. The maximum absolute atomic E-state index is 5.93. The molecular formula is C9H11Cl2NO. The molecule has 0 radical (unpaired) electrons. The first-order valence-corrected chi connectivity index (χ1v) is 4.78. The second-order valence-corrected chi connectivity index (χ2v) is 3.33. The van der Waals surface area contributed by atoms with Gasteiger partial charge in [0.2, 0.25) is 0 Å². The smallest absolute Gasteiger partial charge is 0.0654 e. The van der Waals surface area contributed by atoms with Crippen molar-refractivity contribution in [3.63, 3.8) is 0 Å². The van der Waals surface area contributed by atoms with Gasteiger partial charge < -0.3 is 4.84 Å². The van der Waals surface area contributed by atoms with E-state index < -0.39 is 0 Å². The van der Waals surface area contributed by atoms with E-state index in [2.05, 4.69) is 5.48 Å². The fourth-order valence-electron chi connectivity index (χ4n) is 0.896. The van der Waals surface area contributed by atoms with Gasteiger partial charge in [0.1, 0.15) is 0 Å². The van der Waals surface area contributed by atoms with Crippen molar-refractivity contribution < 1.29 is 4.84 Å². The van der Waals surface area contributed by atoms with Crippen LogP contribution in [0.3, 0.4) is 0 Å². The molecule has 0 saturated heterocycles. The maximum Gasteiger partial charge on any atom is 0.0654 e. The molecule has 72 valence electrons. The Hall–Kier alpha value is -0.280. The van der Waals surface area contributed by atoms with Crippen LogP contribution in [0.2, 0.25) is 10.0 Å². The third-order valence-electron chi connectivity index (χ3n) is 1.52. The molecular weight excluding hydrogens is 209 g/mol. The lowest BCUT2D eigenvalue weighted by Gasteiger charge is -2.05. The number of hydrogen-bond acceptors (Lipinski definition) is 2. The second kappa shape index (κ2) is 5.45. The van der Waals surface area contributed by atoms with Gasteiger partial charge in [-0.3, -0.25) is 0 Å². The van der Waals surface area contributed by atoms with Crippen LogP contribution in [0.25, 0.3) is 0 Å². The molecule has 0 unspecified atom stereocenters. The predicted molar refractivity (Wildman–Crippen MR) is 54.9 cm³/mol. The highest BCUT2D eigenvalue weighted by molar-refractivity contribution is 6.35. The Bertz CT molecular complexity index is 278. The minimum Gasteiger partial charge on any atom is -0.302 e. The van der Waals surface area contributed by atoms with Gasteiger partial charge in [-0.15, -0.1) is 0 Å². The second-order valence-electron chi connectivity index (χ2n) is 2.49. The molecule has 0 bridgehead atoms. The Morgan fingerprint density at radius 1 is 1.38 bits per heavy atom. The zero-order chi connectivity index (χ0) is 9.68. The standard InChI is InChI=1S/C9H11Cl2NO/c1-2-13-12-6-7-3-4-8(10)5-9(7)11/h3-5,12H,2,6H2,1H3. The van der Waals surface area contributed by atoms with Gasteiger partial charge in [-0.05, 0) is 24.6 Å². The summed E-state index contributed by atoms with van der Waals surface area (Å²) in [6, 6.07) is 5.39. The molecule has 1 aromatic rings. The van der Waals surface area contributed by atoms with Gasteiger partial charge in [0.15, 0.2) is 0 Å². The van der Waals surface area contributed by atoms with Crippen LogP contribution in [0, 0.1) is 0 Å². The van der Waals surface area contributed by atoms with Gasteiger partial charge in [-0.2, -0.15) is 5.48 Å². The van der Waals surface area contributed by atoms with E-state index in [0.717, 1.165) is 5.56 Å². The first-order valence-electron chi connectivity index (χ1n) is 4.02. The molecule has 0 aromatic heterocycles. The highest BCUT2D eigenvalue weighted by Gasteiger charge is 1.99. The molecule has 2 nitrogen and oxygen atoms in total. The van der Waals surface area contributed by atoms with Crippen molar-refractivity contribution in [2.24, 2.45) is 0 Å². The molecule has 0 aliphatic carbocycles. The molecule has 0 heterocycles. The zero-order valence-electron chi connectivity index (χ0n) is 7.31. The summed E-state index contributed by atoms with van der Waals surface area (Å²) in [4.78, 5) is 4.98. The first kappa shape index (κ1) is 10.8. The molecule has 0 aliphatic heterocycles. The Balaban J connectivity index is 2.56. The summed E-state index contributed by atoms with van der Waals surface area (Å²) in [5, 5.41) is 1.30. The van der Waals surface area contributed by atoms with Crippen LogP contribution in [0.4, 0.5) is 0 Å². The van der Waals surface area contributed by atoms with E-state index in [1.165, 1.54) is 0 Å². The lowest BCUT2D eigenvalue weighted by molar-refractivity contribution is 0.0463. The molecule has 1 aromatic carbocycles. The highest BCUT2D eigenvalue weighted by atomic mass is 35.5. The number of benzene rings is 1. The third-order valence-corrected chi connectivity index (χ3v) is 2.11. The molecule has 1 rings (SSSR count). The minimum absolute atomic E-state index is 0.587. The average Bonchev–Trinajstić information content (AvgIpc) is 2.09. The molecule has 0 saturated carbocycles. The van der Waals surface area contributed by atoms with Crippen molar-refractivity contribution in [3.05, 3.63) is 33.8 Å². The molecule has 0 spiro atoms. The Morgan fingerprint density at radius 3 is 2.77 bits per heavy atom. The lowest BCUT2D eigenvalue weighted by atomic mass is 10.2. The van der Waals surface area contributed by atoms with Crippen LogP contribution in [0.1, 0.15) is 12.5 Å². The van der Waals surface area contributed by atoms with E-state index in [-0.39, 0.29) is 0 Å². The van der Waals surface area contributed by atoms with E-state index in [1.54, 1.807) is 12.1 Å². The molecule has 1 N–H and O–H groups in total. The summed E-state index contributed by atoms with van der Waals surface area (Å²) in [5.41, 5.74) is 3.76. The SMILES string of the molecule is CCONCc1ccc(Cl)cc1Cl. The van der Waals surface area contributed by atoms with Crippen molar-refractivity contribution >= 4 is 23.2 Å². The normalized spacial score (nSPS) is 10.4. The van der Waals surface area contributed by atoms with Crippen LogP contribution in [-0.2, 0) is 11.4 Å². The first-order chi connectivity index (χ1) is 6.24. The van der Waals surface area contributed by atoms with E-state index in [1.807, 2.05) is 13.0 Å². The number of halogens is 2. The number of hydroxylamine groups is 1. The fourth-order valence-corrected chi connectivity index (χ4v) is 1.37. The average molecular weight is 220 g/mol. The van der Waals surface area contributed by atoms with Crippen LogP contribution in [0.5, 0.6) is 0 Å². The Morgan fingerprint density at radius 2 is 2.15 bits per heavy atom. The Kier molecular flexibility index (Phi) is 4.53. The summed E-state index contributed by atoms with van der Waals surface area (Å²) in [6.45, 7) is 3.13. The van der Waals surface area contributed by atoms with E-state index in [9.17, 15) is 0 Å². The van der Waals surface area contributed by atoms with Gasteiger partial charge in [0.25, 0.3) is 0 Å². The van der Waals surface area contributed by atoms with Crippen molar-refractivity contribution in [2.75, 3.05) is 6.61 Å². The molecule has 0 amide bonds. The maximum atomic E-state index is 5.93. The van der Waals surface area contributed by atoms with Crippen molar-refractivity contribution in [3.8, 4) is 0 Å². The lowest BCUT2D eigenvalue weighted by Crippen LogP contribution is -2.13. The predicted octanol–water partition coefficient (Wildman–Crippen LogP) is 3.03. The van der Waals surface area contributed by atoms with Crippen LogP contribution < -0.4 is 5.48 Å². The summed E-state index contributed by atoms with van der Waals surface area (Å²) in [7, 11) is 0. The molecule has 0 fully saturated rings. The van der Waals surface area contributed by atoms with Gasteiger partial charge in [0.05, 0.1) is 6.61 Å². The van der Waals surface area contributed by atoms with Crippen molar-refractivity contribution in [1.82, 2.24) is 5.48 Å².